The molecule has 0 bridgehead atoms. The number of aliphatic imine (C=N–C) groups is 2. The van der Waals surface area contributed by atoms with E-state index in [4.69, 9.17) is 0 Å². The molecule has 0 heterocycles. The van der Waals surface area contributed by atoms with Crippen molar-refractivity contribution in [1.82, 2.24) is 0 Å². The lowest BCUT2D eigenvalue weighted by Crippen LogP contribution is -2.02. The molecule has 2 nitrogen and oxygen atoms in total. The molecule has 0 radical (unpaired) electrons. The fraction of sp³-hybridized carbons (Fsp3) is 0.182. The van der Waals surface area contributed by atoms with Crippen LogP contribution < -0.4 is 0 Å². The summed E-state index contributed by atoms with van der Waals surface area (Å²) in [6, 6.07) is 20.7. The first-order chi connectivity index (χ1) is 11.9. The Bertz CT molecular complexity index is 724. The topological polar surface area (TPSA) is 24.7 Å². The van der Waals surface area contributed by atoms with Crippen LogP contribution in [0.1, 0.15) is 17.5 Å². The minimum atomic E-state index is 0.417. The van der Waals surface area contributed by atoms with Crippen LogP contribution in [0.4, 0.5) is 0 Å². The van der Waals surface area contributed by atoms with E-state index in [1.54, 1.807) is 0 Å². The molecule has 0 saturated heterocycles. The van der Waals surface area contributed by atoms with Crippen molar-refractivity contribution < 1.29 is 0 Å². The quantitative estimate of drug-likeness (QED) is 0.668. The van der Waals surface area contributed by atoms with Crippen molar-refractivity contribution in [2.75, 3.05) is 0 Å². The predicted octanol–water partition coefficient (Wildman–Crippen LogP) is 5.03. The minimum absolute atomic E-state index is 0.417. The van der Waals surface area contributed by atoms with Crippen molar-refractivity contribution in [3.63, 3.8) is 0 Å². The largest absolute Gasteiger partial charge is 0.293 e. The standard InChI is InChI=1S/C22H22N2/c1-3-7-20(8-4-1)17-23-16-15-19-11-13-22(14-12-19)24-18-21-9-5-2-6-10-21/h1-14,16,19H,15,17-18H2/b23-16-,24-22?. The van der Waals surface area contributed by atoms with Gasteiger partial charge in [-0.25, -0.2) is 0 Å². The molecule has 0 atom stereocenters. The highest BCUT2D eigenvalue weighted by atomic mass is 14.7. The molecule has 0 aliphatic heterocycles. The van der Waals surface area contributed by atoms with Crippen molar-refractivity contribution in [2.45, 2.75) is 19.5 Å². The first-order valence-electron chi connectivity index (χ1n) is 8.37. The van der Waals surface area contributed by atoms with Crippen LogP contribution in [0.2, 0.25) is 0 Å². The van der Waals surface area contributed by atoms with Gasteiger partial charge >= 0.3 is 0 Å². The Morgan fingerprint density at radius 2 is 1.33 bits per heavy atom. The Morgan fingerprint density at radius 3 is 1.96 bits per heavy atom. The summed E-state index contributed by atoms with van der Waals surface area (Å²) in [5.41, 5.74) is 3.53. The number of hydrogen-bond donors (Lipinski definition) is 0. The molecule has 0 spiro atoms. The second-order valence-electron chi connectivity index (χ2n) is 5.85. The van der Waals surface area contributed by atoms with E-state index in [1.807, 2.05) is 42.6 Å². The first kappa shape index (κ1) is 16.1. The maximum absolute atomic E-state index is 4.63. The SMILES string of the molecule is C1=CC(C/C=N\Cc2ccccc2)C=CC1=NCc1ccccc1. The molecular formula is C22H22N2. The van der Waals surface area contributed by atoms with Crippen LogP contribution in [-0.2, 0) is 13.1 Å². The highest BCUT2D eigenvalue weighted by Crippen LogP contribution is 2.12. The number of rotatable bonds is 6. The Hall–Kier alpha value is -2.74. The molecule has 0 unspecified atom stereocenters. The molecule has 0 saturated carbocycles. The van der Waals surface area contributed by atoms with E-state index in [0.717, 1.165) is 25.2 Å². The summed E-state index contributed by atoms with van der Waals surface area (Å²) in [4.78, 5) is 9.14. The van der Waals surface area contributed by atoms with E-state index in [-0.39, 0.29) is 0 Å². The first-order valence-corrected chi connectivity index (χ1v) is 8.37. The van der Waals surface area contributed by atoms with Crippen molar-refractivity contribution in [3.05, 3.63) is 96.1 Å². The molecule has 2 heteroatoms. The molecule has 0 N–H and O–H groups in total. The third-order valence-electron chi connectivity index (χ3n) is 3.94. The summed E-state index contributed by atoms with van der Waals surface area (Å²) < 4.78 is 0. The zero-order valence-corrected chi connectivity index (χ0v) is 13.8. The Morgan fingerprint density at radius 1 is 0.750 bits per heavy atom. The van der Waals surface area contributed by atoms with Gasteiger partial charge in [0.25, 0.3) is 0 Å². The van der Waals surface area contributed by atoms with Gasteiger partial charge in [-0.1, -0.05) is 72.8 Å². The second kappa shape index (κ2) is 8.78. The monoisotopic (exact) mass is 314 g/mol. The summed E-state index contributed by atoms with van der Waals surface area (Å²) in [7, 11) is 0. The van der Waals surface area contributed by atoms with Crippen LogP contribution in [0.3, 0.4) is 0 Å². The van der Waals surface area contributed by atoms with Gasteiger partial charge in [0.05, 0.1) is 18.8 Å². The summed E-state index contributed by atoms with van der Waals surface area (Å²) >= 11 is 0. The van der Waals surface area contributed by atoms with E-state index in [1.165, 1.54) is 11.1 Å². The Kier molecular flexibility index (Phi) is 5.90. The third-order valence-corrected chi connectivity index (χ3v) is 3.94. The summed E-state index contributed by atoms with van der Waals surface area (Å²) in [6.45, 7) is 1.48. The molecular weight excluding hydrogens is 292 g/mol. The van der Waals surface area contributed by atoms with E-state index >= 15 is 0 Å². The molecule has 1 aliphatic carbocycles. The zero-order chi connectivity index (χ0) is 16.5. The van der Waals surface area contributed by atoms with Crippen LogP contribution in [0.15, 0.2) is 95.0 Å². The van der Waals surface area contributed by atoms with Crippen LogP contribution >= 0.6 is 0 Å². The van der Waals surface area contributed by atoms with E-state index < -0.39 is 0 Å². The number of benzene rings is 2. The lowest BCUT2D eigenvalue weighted by atomic mass is 9.99. The summed E-state index contributed by atoms with van der Waals surface area (Å²) in [5, 5.41) is 0. The minimum Gasteiger partial charge on any atom is -0.293 e. The van der Waals surface area contributed by atoms with Gasteiger partial charge in [-0.3, -0.25) is 9.98 Å². The smallest absolute Gasteiger partial charge is 0.0646 e. The normalized spacial score (nSPS) is 16.7. The van der Waals surface area contributed by atoms with Crippen molar-refractivity contribution in [3.8, 4) is 0 Å². The Balaban J connectivity index is 1.45. The molecule has 3 rings (SSSR count). The van der Waals surface area contributed by atoms with Gasteiger partial charge in [-0.15, -0.1) is 0 Å². The maximum Gasteiger partial charge on any atom is 0.0646 e. The van der Waals surface area contributed by atoms with Crippen LogP contribution in [0.25, 0.3) is 0 Å². The third kappa shape index (κ3) is 5.17. The van der Waals surface area contributed by atoms with Gasteiger partial charge < -0.3 is 0 Å². The molecule has 2 aromatic carbocycles. The molecule has 1 aliphatic rings. The maximum atomic E-state index is 4.63. The van der Waals surface area contributed by atoms with E-state index in [9.17, 15) is 0 Å². The summed E-state index contributed by atoms with van der Waals surface area (Å²) in [6.07, 6.45) is 11.6. The average Bonchev–Trinajstić information content (AvgIpc) is 2.66. The van der Waals surface area contributed by atoms with Crippen molar-refractivity contribution in [1.29, 1.82) is 0 Å². The molecule has 2 aromatic rings. The highest BCUT2D eigenvalue weighted by molar-refractivity contribution is 6.04. The number of nitrogens with zero attached hydrogens (tertiary/aromatic N) is 2. The summed E-state index contributed by atoms with van der Waals surface area (Å²) in [5.74, 6) is 0.417. The van der Waals surface area contributed by atoms with Gasteiger partial charge in [0.1, 0.15) is 0 Å². The fourth-order valence-electron chi connectivity index (χ4n) is 2.54. The molecule has 0 amide bonds. The van der Waals surface area contributed by atoms with Crippen LogP contribution in [0, 0.1) is 5.92 Å². The molecule has 120 valence electrons. The molecule has 24 heavy (non-hydrogen) atoms. The van der Waals surface area contributed by atoms with Gasteiger partial charge in [0.2, 0.25) is 0 Å². The van der Waals surface area contributed by atoms with Gasteiger partial charge in [-0.05, 0) is 35.9 Å². The molecule has 0 fully saturated rings. The average molecular weight is 314 g/mol. The number of allylic oxidation sites excluding steroid dienone is 4. The van der Waals surface area contributed by atoms with Gasteiger partial charge in [0.15, 0.2) is 0 Å². The van der Waals surface area contributed by atoms with Gasteiger partial charge in [-0.2, -0.15) is 0 Å². The lowest BCUT2D eigenvalue weighted by Gasteiger charge is -2.09. The van der Waals surface area contributed by atoms with E-state index in [2.05, 4.69) is 58.6 Å². The van der Waals surface area contributed by atoms with E-state index in [0.29, 0.717) is 5.92 Å². The Labute approximate surface area is 144 Å². The lowest BCUT2D eigenvalue weighted by molar-refractivity contribution is 0.862. The zero-order valence-electron chi connectivity index (χ0n) is 13.8. The van der Waals surface area contributed by atoms with Gasteiger partial charge in [0, 0.05) is 5.92 Å². The fourth-order valence-corrected chi connectivity index (χ4v) is 2.54. The number of hydrogen-bond acceptors (Lipinski definition) is 2. The van der Waals surface area contributed by atoms with Crippen LogP contribution in [0.5, 0.6) is 0 Å². The predicted molar refractivity (Wildman–Crippen MR) is 103 cm³/mol. The second-order valence-corrected chi connectivity index (χ2v) is 5.85. The van der Waals surface area contributed by atoms with Crippen molar-refractivity contribution in [2.24, 2.45) is 15.9 Å². The van der Waals surface area contributed by atoms with Crippen molar-refractivity contribution >= 4 is 11.9 Å². The van der Waals surface area contributed by atoms with Crippen LogP contribution in [-0.4, -0.2) is 11.9 Å². The molecule has 0 aromatic heterocycles. The highest BCUT2D eigenvalue weighted by Gasteiger charge is 2.04.